The number of nitrogens with one attached hydrogen (secondary N) is 1. The van der Waals surface area contributed by atoms with Crippen LogP contribution >= 0.6 is 11.6 Å². The average molecular weight is 410 g/mol. The number of carbonyl (C=O) groups excluding carboxylic acids is 2. The van der Waals surface area contributed by atoms with E-state index >= 15 is 0 Å². The molecule has 0 bridgehead atoms. The molecular weight excluding hydrogens is 389 g/mol. The van der Waals surface area contributed by atoms with E-state index in [2.05, 4.69) is 5.32 Å². The first kappa shape index (κ1) is 21.5. The zero-order valence-corrected chi connectivity index (χ0v) is 16.7. The fourth-order valence-corrected chi connectivity index (χ4v) is 2.50. The van der Waals surface area contributed by atoms with Gasteiger partial charge in [0.25, 0.3) is 5.91 Å². The van der Waals surface area contributed by atoms with E-state index in [1.165, 1.54) is 50.4 Å². The molecule has 0 spiro atoms. The Morgan fingerprint density at radius 1 is 1.11 bits per heavy atom. The van der Waals surface area contributed by atoms with Gasteiger partial charge in [-0.05, 0) is 57.2 Å². The normalized spacial score (nSPS) is 11.7. The fourth-order valence-electron chi connectivity index (χ4n) is 2.25. The van der Waals surface area contributed by atoms with E-state index < -0.39 is 23.8 Å². The number of hydrogen-bond donors (Lipinski definition) is 1. The SMILES string of the molecule is COc1cc(C(=O)O[C@@H](C)C(=O)Nc2ccc(F)cc2)cc(Cl)c1OC(C)C. The number of hydrogen-bond acceptors (Lipinski definition) is 5. The molecule has 0 saturated carbocycles. The lowest BCUT2D eigenvalue weighted by Crippen LogP contribution is -2.30. The van der Waals surface area contributed by atoms with Crippen molar-refractivity contribution in [2.75, 3.05) is 12.4 Å². The molecule has 2 aromatic rings. The number of benzene rings is 2. The van der Waals surface area contributed by atoms with Gasteiger partial charge in [0, 0.05) is 5.69 Å². The lowest BCUT2D eigenvalue weighted by atomic mass is 10.2. The van der Waals surface area contributed by atoms with Gasteiger partial charge >= 0.3 is 5.97 Å². The largest absolute Gasteiger partial charge is 0.493 e. The quantitative estimate of drug-likeness (QED) is 0.683. The van der Waals surface area contributed by atoms with Gasteiger partial charge in [0.15, 0.2) is 17.6 Å². The molecule has 0 unspecified atom stereocenters. The Morgan fingerprint density at radius 3 is 2.32 bits per heavy atom. The van der Waals surface area contributed by atoms with E-state index in [1.54, 1.807) is 0 Å². The smallest absolute Gasteiger partial charge is 0.339 e. The first-order valence-electron chi connectivity index (χ1n) is 8.53. The van der Waals surface area contributed by atoms with Crippen LogP contribution in [0.15, 0.2) is 36.4 Å². The Morgan fingerprint density at radius 2 is 1.75 bits per heavy atom. The summed E-state index contributed by atoms with van der Waals surface area (Å²) >= 11 is 6.20. The van der Waals surface area contributed by atoms with Crippen LogP contribution in [0.1, 0.15) is 31.1 Å². The maximum absolute atomic E-state index is 12.9. The monoisotopic (exact) mass is 409 g/mol. The van der Waals surface area contributed by atoms with Crippen LogP contribution in [-0.2, 0) is 9.53 Å². The number of methoxy groups -OCH3 is 1. The van der Waals surface area contributed by atoms with Crippen LogP contribution in [0.3, 0.4) is 0 Å². The van der Waals surface area contributed by atoms with Crippen molar-refractivity contribution in [3.63, 3.8) is 0 Å². The van der Waals surface area contributed by atoms with Crippen molar-refractivity contribution in [1.29, 1.82) is 0 Å². The fraction of sp³-hybridized carbons (Fsp3) is 0.300. The highest BCUT2D eigenvalue weighted by Crippen LogP contribution is 2.37. The van der Waals surface area contributed by atoms with E-state index in [4.69, 9.17) is 25.8 Å². The molecule has 0 aliphatic heterocycles. The highest BCUT2D eigenvalue weighted by molar-refractivity contribution is 6.32. The standard InChI is InChI=1S/C20H21ClFNO5/c1-11(2)27-18-16(21)9-13(10-17(18)26-4)20(25)28-12(3)19(24)23-15-7-5-14(22)6-8-15/h5-12H,1-4H3,(H,23,24)/t12-/m0/s1. The number of carbonyl (C=O) groups is 2. The molecule has 6 nitrogen and oxygen atoms in total. The molecule has 1 N–H and O–H groups in total. The van der Waals surface area contributed by atoms with Crippen LogP contribution in [0.5, 0.6) is 11.5 Å². The molecule has 0 heterocycles. The topological polar surface area (TPSA) is 73.9 Å². The van der Waals surface area contributed by atoms with Crippen molar-refractivity contribution in [2.45, 2.75) is 33.0 Å². The van der Waals surface area contributed by atoms with Crippen molar-refractivity contribution in [3.05, 3.63) is 52.8 Å². The summed E-state index contributed by atoms with van der Waals surface area (Å²) < 4.78 is 28.9. The zero-order valence-electron chi connectivity index (χ0n) is 15.9. The molecule has 0 saturated heterocycles. The third-order valence-electron chi connectivity index (χ3n) is 3.58. The van der Waals surface area contributed by atoms with Crippen molar-refractivity contribution in [3.8, 4) is 11.5 Å². The molecule has 0 fully saturated rings. The Kier molecular flexibility index (Phi) is 7.23. The maximum atomic E-state index is 12.9. The Balaban J connectivity index is 2.09. The molecule has 8 heteroatoms. The minimum atomic E-state index is -1.09. The zero-order chi connectivity index (χ0) is 20.8. The molecule has 2 aromatic carbocycles. The molecule has 0 aromatic heterocycles. The average Bonchev–Trinajstić information content (AvgIpc) is 2.64. The minimum absolute atomic E-state index is 0.111. The first-order chi connectivity index (χ1) is 13.2. The lowest BCUT2D eigenvalue weighted by molar-refractivity contribution is -0.123. The molecule has 1 atom stereocenters. The van der Waals surface area contributed by atoms with Crippen LogP contribution in [0, 0.1) is 5.82 Å². The number of rotatable bonds is 7. The Bertz CT molecular complexity index is 854. The number of anilines is 1. The Labute approximate surface area is 167 Å². The molecule has 0 aliphatic rings. The van der Waals surface area contributed by atoms with E-state index in [1.807, 2.05) is 13.8 Å². The maximum Gasteiger partial charge on any atom is 0.339 e. The summed E-state index contributed by atoms with van der Waals surface area (Å²) in [6, 6.07) is 8.04. The summed E-state index contributed by atoms with van der Waals surface area (Å²) in [5.41, 5.74) is 0.494. The lowest BCUT2D eigenvalue weighted by Gasteiger charge is -2.17. The molecule has 0 radical (unpaired) electrons. The van der Waals surface area contributed by atoms with Crippen LogP contribution in [0.4, 0.5) is 10.1 Å². The van der Waals surface area contributed by atoms with Crippen molar-refractivity contribution in [2.24, 2.45) is 0 Å². The Hall–Kier alpha value is -2.80. The van der Waals surface area contributed by atoms with Gasteiger partial charge in [-0.15, -0.1) is 0 Å². The molecule has 150 valence electrons. The number of ether oxygens (including phenoxy) is 3. The molecule has 1 amide bonds. The van der Waals surface area contributed by atoms with E-state index in [0.717, 1.165) is 0 Å². The summed E-state index contributed by atoms with van der Waals surface area (Å²) in [5, 5.41) is 2.72. The van der Waals surface area contributed by atoms with Gasteiger partial charge in [-0.2, -0.15) is 0 Å². The second-order valence-corrected chi connectivity index (χ2v) is 6.61. The van der Waals surface area contributed by atoms with Crippen LogP contribution in [-0.4, -0.2) is 31.2 Å². The van der Waals surface area contributed by atoms with Gasteiger partial charge in [0.1, 0.15) is 5.82 Å². The van der Waals surface area contributed by atoms with Crippen LogP contribution in [0.25, 0.3) is 0 Å². The number of halogens is 2. The summed E-state index contributed by atoms with van der Waals surface area (Å²) in [5.74, 6) is -1.14. The second kappa shape index (κ2) is 9.41. The predicted octanol–water partition coefficient (Wildman–Crippen LogP) is 4.46. The predicted molar refractivity (Wildman–Crippen MR) is 104 cm³/mol. The molecule has 0 aliphatic carbocycles. The van der Waals surface area contributed by atoms with Gasteiger partial charge in [-0.25, -0.2) is 9.18 Å². The summed E-state index contributed by atoms with van der Waals surface area (Å²) in [7, 11) is 1.42. The van der Waals surface area contributed by atoms with Gasteiger partial charge in [-0.1, -0.05) is 11.6 Å². The molecule has 2 rings (SSSR count). The van der Waals surface area contributed by atoms with E-state index in [9.17, 15) is 14.0 Å². The third-order valence-corrected chi connectivity index (χ3v) is 3.86. The highest BCUT2D eigenvalue weighted by atomic mass is 35.5. The second-order valence-electron chi connectivity index (χ2n) is 6.20. The third kappa shape index (κ3) is 5.60. The molecular formula is C20H21ClFNO5. The van der Waals surface area contributed by atoms with Crippen LogP contribution in [0.2, 0.25) is 5.02 Å². The number of esters is 1. The highest BCUT2D eigenvalue weighted by Gasteiger charge is 2.22. The first-order valence-corrected chi connectivity index (χ1v) is 8.90. The van der Waals surface area contributed by atoms with Gasteiger partial charge in [-0.3, -0.25) is 4.79 Å². The van der Waals surface area contributed by atoms with Crippen molar-refractivity contribution >= 4 is 29.2 Å². The van der Waals surface area contributed by atoms with Gasteiger partial charge < -0.3 is 19.5 Å². The molecule has 28 heavy (non-hydrogen) atoms. The van der Waals surface area contributed by atoms with Crippen molar-refractivity contribution in [1.82, 2.24) is 0 Å². The summed E-state index contributed by atoms with van der Waals surface area (Å²) in [6.45, 7) is 5.09. The van der Waals surface area contributed by atoms with E-state index in [-0.39, 0.29) is 22.4 Å². The van der Waals surface area contributed by atoms with Crippen molar-refractivity contribution < 1.29 is 28.2 Å². The summed E-state index contributed by atoms with van der Waals surface area (Å²) in [6.07, 6.45) is -1.23. The van der Waals surface area contributed by atoms with E-state index in [0.29, 0.717) is 11.4 Å². The minimum Gasteiger partial charge on any atom is -0.493 e. The van der Waals surface area contributed by atoms with Gasteiger partial charge in [0.2, 0.25) is 0 Å². The van der Waals surface area contributed by atoms with Gasteiger partial charge in [0.05, 0.1) is 23.8 Å². The number of amides is 1. The summed E-state index contributed by atoms with van der Waals surface area (Å²) in [4.78, 5) is 24.6. The van der Waals surface area contributed by atoms with Crippen LogP contribution < -0.4 is 14.8 Å².